The molecule has 1 aromatic heterocycles. The number of methoxy groups -OCH3 is 1. The number of rotatable bonds is 6. The van der Waals surface area contributed by atoms with Gasteiger partial charge < -0.3 is 15.0 Å². The van der Waals surface area contributed by atoms with E-state index in [9.17, 15) is 9.59 Å². The summed E-state index contributed by atoms with van der Waals surface area (Å²) in [5, 5.41) is 3.02. The van der Waals surface area contributed by atoms with E-state index in [0.717, 1.165) is 11.1 Å². The molecule has 0 unspecified atom stereocenters. The van der Waals surface area contributed by atoms with Gasteiger partial charge in [-0.25, -0.2) is 0 Å². The Hall–Kier alpha value is -3.67. The molecule has 4 rings (SSSR count). The van der Waals surface area contributed by atoms with E-state index < -0.39 is 0 Å². The summed E-state index contributed by atoms with van der Waals surface area (Å²) in [5.74, 6) is 0.407. The molecule has 0 radical (unpaired) electrons. The van der Waals surface area contributed by atoms with Crippen molar-refractivity contribution in [3.05, 3.63) is 95.8 Å². The third kappa shape index (κ3) is 5.14. The van der Waals surface area contributed by atoms with E-state index in [4.69, 9.17) is 4.74 Å². The predicted octanol–water partition coefficient (Wildman–Crippen LogP) is 3.65. The number of aromatic nitrogens is 1. The molecule has 3 aromatic rings. The van der Waals surface area contributed by atoms with Crippen LogP contribution in [0.4, 0.5) is 0 Å². The maximum absolute atomic E-state index is 13.3. The SMILES string of the molecule is COc1ccc(C(=O)N2C[C@@H](C(=O)NCc3cccnc3)C[C@H](c3ccccc3)C2)cc1. The highest BCUT2D eigenvalue weighted by atomic mass is 16.5. The first-order valence-corrected chi connectivity index (χ1v) is 10.8. The van der Waals surface area contributed by atoms with Gasteiger partial charge in [-0.05, 0) is 47.9 Å². The van der Waals surface area contributed by atoms with Gasteiger partial charge in [-0.1, -0.05) is 36.4 Å². The van der Waals surface area contributed by atoms with E-state index in [1.807, 2.05) is 30.3 Å². The molecule has 1 N–H and O–H groups in total. The van der Waals surface area contributed by atoms with Crippen molar-refractivity contribution in [2.24, 2.45) is 5.92 Å². The molecule has 6 heteroatoms. The first-order chi connectivity index (χ1) is 15.6. The average molecular weight is 430 g/mol. The van der Waals surface area contributed by atoms with Gasteiger partial charge >= 0.3 is 0 Å². The lowest BCUT2D eigenvalue weighted by Crippen LogP contribution is -2.48. The zero-order valence-corrected chi connectivity index (χ0v) is 18.1. The Morgan fingerprint density at radius 1 is 1.03 bits per heavy atom. The number of likely N-dealkylation sites (tertiary alicyclic amines) is 1. The van der Waals surface area contributed by atoms with E-state index in [-0.39, 0.29) is 23.7 Å². The van der Waals surface area contributed by atoms with Crippen LogP contribution in [-0.4, -0.2) is 41.9 Å². The summed E-state index contributed by atoms with van der Waals surface area (Å²) >= 11 is 0. The molecule has 0 saturated carbocycles. The van der Waals surface area contributed by atoms with Gasteiger partial charge in [-0.15, -0.1) is 0 Å². The van der Waals surface area contributed by atoms with E-state index in [1.54, 1.807) is 48.7 Å². The maximum atomic E-state index is 13.3. The normalized spacial score (nSPS) is 18.1. The molecule has 1 aliphatic heterocycles. The molecule has 2 amide bonds. The van der Waals surface area contributed by atoms with Crippen molar-refractivity contribution < 1.29 is 14.3 Å². The fraction of sp³-hybridized carbons (Fsp3) is 0.269. The van der Waals surface area contributed by atoms with E-state index in [0.29, 0.717) is 37.4 Å². The summed E-state index contributed by atoms with van der Waals surface area (Å²) in [5.41, 5.74) is 2.68. The summed E-state index contributed by atoms with van der Waals surface area (Å²) in [6, 6.07) is 21.0. The summed E-state index contributed by atoms with van der Waals surface area (Å²) in [4.78, 5) is 32.2. The molecule has 2 atom stereocenters. The third-order valence-electron chi connectivity index (χ3n) is 5.91. The summed E-state index contributed by atoms with van der Waals surface area (Å²) in [7, 11) is 1.60. The van der Waals surface area contributed by atoms with Gasteiger partial charge in [-0.2, -0.15) is 0 Å². The summed E-state index contributed by atoms with van der Waals surface area (Å²) in [6.07, 6.45) is 4.16. The molecule has 6 nitrogen and oxygen atoms in total. The van der Waals surface area contributed by atoms with Crippen molar-refractivity contribution >= 4 is 11.8 Å². The van der Waals surface area contributed by atoms with Crippen LogP contribution in [-0.2, 0) is 11.3 Å². The predicted molar refractivity (Wildman–Crippen MR) is 122 cm³/mol. The van der Waals surface area contributed by atoms with Crippen LogP contribution in [0.3, 0.4) is 0 Å². The number of pyridine rings is 1. The highest BCUT2D eigenvalue weighted by Crippen LogP contribution is 2.31. The van der Waals surface area contributed by atoms with Crippen molar-refractivity contribution in [3.8, 4) is 5.75 Å². The highest BCUT2D eigenvalue weighted by Gasteiger charge is 2.34. The van der Waals surface area contributed by atoms with Crippen molar-refractivity contribution in [1.82, 2.24) is 15.2 Å². The first-order valence-electron chi connectivity index (χ1n) is 10.8. The number of carbonyl (C=O) groups excluding carboxylic acids is 2. The average Bonchev–Trinajstić information content (AvgIpc) is 2.87. The fourth-order valence-electron chi connectivity index (χ4n) is 4.17. The maximum Gasteiger partial charge on any atom is 0.253 e. The fourth-order valence-corrected chi connectivity index (χ4v) is 4.17. The Morgan fingerprint density at radius 2 is 1.81 bits per heavy atom. The molecule has 1 saturated heterocycles. The molecule has 1 fully saturated rings. The van der Waals surface area contributed by atoms with Crippen molar-refractivity contribution in [3.63, 3.8) is 0 Å². The van der Waals surface area contributed by atoms with E-state index in [1.165, 1.54) is 0 Å². The molecule has 2 aromatic carbocycles. The number of piperidine rings is 1. The minimum Gasteiger partial charge on any atom is -0.497 e. The van der Waals surface area contributed by atoms with Gasteiger partial charge in [0.1, 0.15) is 5.75 Å². The van der Waals surface area contributed by atoms with Gasteiger partial charge in [-0.3, -0.25) is 14.6 Å². The monoisotopic (exact) mass is 429 g/mol. The lowest BCUT2D eigenvalue weighted by atomic mass is 9.83. The van der Waals surface area contributed by atoms with Crippen molar-refractivity contribution in [2.75, 3.05) is 20.2 Å². The molecular weight excluding hydrogens is 402 g/mol. The molecule has 1 aliphatic rings. The van der Waals surface area contributed by atoms with Gasteiger partial charge in [0.05, 0.1) is 13.0 Å². The number of ether oxygens (including phenoxy) is 1. The van der Waals surface area contributed by atoms with Crippen LogP contribution in [0.2, 0.25) is 0 Å². The Kier molecular flexibility index (Phi) is 6.80. The zero-order valence-electron chi connectivity index (χ0n) is 18.1. The Labute approximate surface area is 188 Å². The number of hydrogen-bond acceptors (Lipinski definition) is 4. The minimum absolute atomic E-state index is 0.0398. The van der Waals surface area contributed by atoms with Gasteiger partial charge in [0.25, 0.3) is 5.91 Å². The largest absolute Gasteiger partial charge is 0.497 e. The van der Waals surface area contributed by atoms with Crippen molar-refractivity contribution in [1.29, 1.82) is 0 Å². The number of carbonyl (C=O) groups is 2. The third-order valence-corrected chi connectivity index (χ3v) is 5.91. The van der Waals surface area contributed by atoms with Crippen LogP contribution in [0.25, 0.3) is 0 Å². The number of hydrogen-bond donors (Lipinski definition) is 1. The van der Waals surface area contributed by atoms with E-state index in [2.05, 4.69) is 22.4 Å². The molecule has 2 heterocycles. The van der Waals surface area contributed by atoms with Gasteiger partial charge in [0, 0.05) is 43.5 Å². The summed E-state index contributed by atoms with van der Waals surface area (Å²) in [6.45, 7) is 1.40. The molecule has 0 aliphatic carbocycles. The highest BCUT2D eigenvalue weighted by molar-refractivity contribution is 5.95. The lowest BCUT2D eigenvalue weighted by molar-refractivity contribution is -0.126. The quantitative estimate of drug-likeness (QED) is 0.649. The van der Waals surface area contributed by atoms with Crippen LogP contribution in [0.5, 0.6) is 5.75 Å². The molecule has 164 valence electrons. The molecule has 32 heavy (non-hydrogen) atoms. The van der Waals surface area contributed by atoms with Crippen LogP contribution in [0.15, 0.2) is 79.1 Å². The van der Waals surface area contributed by atoms with Gasteiger partial charge in [0.15, 0.2) is 0 Å². The molecule has 0 bridgehead atoms. The second-order valence-electron chi connectivity index (χ2n) is 8.06. The number of nitrogens with zero attached hydrogens (tertiary/aromatic N) is 2. The van der Waals surface area contributed by atoms with Crippen LogP contribution in [0.1, 0.15) is 33.8 Å². The van der Waals surface area contributed by atoms with E-state index >= 15 is 0 Å². The Bertz CT molecular complexity index is 1040. The van der Waals surface area contributed by atoms with Gasteiger partial charge in [0.2, 0.25) is 5.91 Å². The number of benzene rings is 2. The minimum atomic E-state index is -0.284. The topological polar surface area (TPSA) is 71.5 Å². The number of amides is 2. The van der Waals surface area contributed by atoms with Crippen LogP contribution in [0, 0.1) is 5.92 Å². The Morgan fingerprint density at radius 3 is 2.50 bits per heavy atom. The second kappa shape index (κ2) is 10.1. The molecular formula is C26H27N3O3. The van der Waals surface area contributed by atoms with Crippen LogP contribution < -0.4 is 10.1 Å². The Balaban J connectivity index is 1.51. The smallest absolute Gasteiger partial charge is 0.253 e. The number of nitrogens with one attached hydrogen (secondary N) is 1. The summed E-state index contributed by atoms with van der Waals surface area (Å²) < 4.78 is 5.20. The first kappa shape index (κ1) is 21.6. The van der Waals surface area contributed by atoms with Crippen molar-refractivity contribution in [2.45, 2.75) is 18.9 Å². The standard InChI is InChI=1S/C26H27N3O3/c1-32-24-11-9-21(10-12-24)26(31)29-17-22(20-7-3-2-4-8-20)14-23(18-29)25(30)28-16-19-6-5-13-27-15-19/h2-13,15,22-23H,14,16-18H2,1H3,(H,28,30)/t22-,23-/m0/s1. The molecule has 0 spiro atoms. The van der Waals surface area contributed by atoms with Crippen LogP contribution >= 0.6 is 0 Å². The lowest BCUT2D eigenvalue weighted by Gasteiger charge is -2.37. The second-order valence-corrected chi connectivity index (χ2v) is 8.06. The zero-order chi connectivity index (χ0) is 22.3.